The number of carbonyl (C=O) groups excluding carboxylic acids is 2. The molecule has 2 aromatic rings. The number of carboxylic acids is 1. The highest BCUT2D eigenvalue weighted by atomic mass is 32.1. The van der Waals surface area contributed by atoms with Crippen molar-refractivity contribution in [3.05, 3.63) is 27.9 Å². The largest absolute Gasteiger partial charge is 0.480 e. The molecule has 0 aliphatic carbocycles. The predicted molar refractivity (Wildman–Crippen MR) is 78.1 cm³/mol. The van der Waals surface area contributed by atoms with Crippen molar-refractivity contribution in [1.29, 1.82) is 0 Å². The number of primary amides is 1. The zero-order valence-electron chi connectivity index (χ0n) is 10.6. The molecule has 9 heteroatoms. The van der Waals surface area contributed by atoms with Gasteiger partial charge in [0.25, 0.3) is 5.91 Å². The van der Waals surface area contributed by atoms with Crippen molar-refractivity contribution in [3.63, 3.8) is 0 Å². The van der Waals surface area contributed by atoms with Crippen LogP contribution in [0.2, 0.25) is 0 Å². The quantitative estimate of drug-likeness (QED) is 0.729. The van der Waals surface area contributed by atoms with E-state index in [0.717, 1.165) is 5.56 Å². The summed E-state index contributed by atoms with van der Waals surface area (Å²) in [4.78, 5) is 37.8. The van der Waals surface area contributed by atoms with Crippen LogP contribution in [-0.4, -0.2) is 33.9 Å². The van der Waals surface area contributed by atoms with Crippen LogP contribution in [0.1, 0.15) is 16.9 Å². The number of hydrogen-bond acceptors (Lipinski definition) is 6. The van der Waals surface area contributed by atoms with Gasteiger partial charge in [-0.2, -0.15) is 11.3 Å². The minimum atomic E-state index is -1.36. The molecule has 2 amide bonds. The highest BCUT2D eigenvalue weighted by Gasteiger charge is 2.24. The summed E-state index contributed by atoms with van der Waals surface area (Å²) >= 11 is 2.79. The molecule has 0 radical (unpaired) electrons. The third kappa shape index (κ3) is 3.86. The molecular weight excluding hydrogens is 314 g/mol. The number of nitrogens with two attached hydrogens (primary N) is 1. The van der Waals surface area contributed by atoms with E-state index in [-0.39, 0.29) is 5.69 Å². The second-order valence-electron chi connectivity index (χ2n) is 4.08. The lowest BCUT2D eigenvalue weighted by Gasteiger charge is -2.11. The molecule has 0 unspecified atom stereocenters. The molecule has 2 rings (SSSR count). The highest BCUT2D eigenvalue weighted by Crippen LogP contribution is 2.25. The molecule has 0 aliphatic heterocycles. The van der Waals surface area contributed by atoms with Gasteiger partial charge in [-0.3, -0.25) is 9.59 Å². The number of rotatable bonds is 6. The number of amides is 2. The van der Waals surface area contributed by atoms with E-state index in [0.29, 0.717) is 5.01 Å². The molecule has 1 atom stereocenters. The molecule has 4 N–H and O–H groups in total. The third-order valence-electron chi connectivity index (χ3n) is 2.51. The lowest BCUT2D eigenvalue weighted by molar-refractivity contribution is -0.140. The Kier molecular flexibility index (Phi) is 4.66. The maximum atomic E-state index is 11.9. The zero-order chi connectivity index (χ0) is 15.4. The van der Waals surface area contributed by atoms with Crippen LogP contribution in [0.3, 0.4) is 0 Å². The van der Waals surface area contributed by atoms with Crippen molar-refractivity contribution in [2.75, 3.05) is 0 Å². The highest BCUT2D eigenvalue weighted by molar-refractivity contribution is 7.14. The molecule has 0 aromatic carbocycles. The zero-order valence-corrected chi connectivity index (χ0v) is 12.2. The molecule has 0 saturated carbocycles. The van der Waals surface area contributed by atoms with Crippen LogP contribution < -0.4 is 11.1 Å². The van der Waals surface area contributed by atoms with E-state index < -0.39 is 30.2 Å². The molecule has 2 aromatic heterocycles. The van der Waals surface area contributed by atoms with Gasteiger partial charge < -0.3 is 16.2 Å². The second kappa shape index (κ2) is 6.46. The van der Waals surface area contributed by atoms with Gasteiger partial charge in [0.05, 0.1) is 6.42 Å². The number of carbonyl (C=O) groups is 3. The van der Waals surface area contributed by atoms with Crippen LogP contribution in [0.5, 0.6) is 0 Å². The van der Waals surface area contributed by atoms with Gasteiger partial charge in [0, 0.05) is 16.3 Å². The van der Waals surface area contributed by atoms with Gasteiger partial charge in [-0.05, 0) is 11.4 Å². The lowest BCUT2D eigenvalue weighted by Crippen LogP contribution is -2.43. The maximum Gasteiger partial charge on any atom is 0.326 e. The first-order valence-corrected chi connectivity index (χ1v) is 7.59. The number of thiazole rings is 1. The van der Waals surface area contributed by atoms with E-state index in [1.807, 2.05) is 16.8 Å². The Hall–Kier alpha value is -2.26. The van der Waals surface area contributed by atoms with Gasteiger partial charge in [0.15, 0.2) is 0 Å². The average Bonchev–Trinajstić information content (AvgIpc) is 3.08. The van der Waals surface area contributed by atoms with Crippen molar-refractivity contribution in [3.8, 4) is 10.6 Å². The van der Waals surface area contributed by atoms with Crippen molar-refractivity contribution in [2.45, 2.75) is 12.5 Å². The van der Waals surface area contributed by atoms with Gasteiger partial charge in [-0.15, -0.1) is 11.3 Å². The number of aliphatic carboxylic acids is 1. The van der Waals surface area contributed by atoms with Crippen molar-refractivity contribution >= 4 is 40.5 Å². The minimum absolute atomic E-state index is 0.108. The molecule has 2 heterocycles. The van der Waals surface area contributed by atoms with Gasteiger partial charge in [-0.1, -0.05) is 0 Å². The van der Waals surface area contributed by atoms with Gasteiger partial charge >= 0.3 is 5.97 Å². The first-order valence-electron chi connectivity index (χ1n) is 5.77. The molecule has 110 valence electrons. The lowest BCUT2D eigenvalue weighted by atomic mass is 10.2. The summed E-state index contributed by atoms with van der Waals surface area (Å²) in [6, 6.07) is 0.513. The van der Waals surface area contributed by atoms with Crippen LogP contribution >= 0.6 is 22.7 Å². The monoisotopic (exact) mass is 325 g/mol. The summed E-state index contributed by atoms with van der Waals surface area (Å²) in [5, 5.41) is 17.2. The van der Waals surface area contributed by atoms with E-state index in [1.54, 1.807) is 0 Å². The number of carboxylic acid groups (broad SMARTS) is 1. The number of thiophene rings is 1. The molecule has 0 bridgehead atoms. The standard InChI is InChI=1S/C12H11N3O4S2/c13-9(16)3-7(12(18)19)14-10(17)8-5-21-11(15-8)6-1-2-20-4-6/h1-2,4-5,7H,3H2,(H2,13,16)(H,14,17)(H,18,19)/t7-/m1/s1. The minimum Gasteiger partial charge on any atom is -0.480 e. The van der Waals surface area contributed by atoms with Crippen LogP contribution in [0.15, 0.2) is 22.2 Å². The fourth-order valence-corrected chi connectivity index (χ4v) is 3.04. The average molecular weight is 325 g/mol. The summed E-state index contributed by atoms with van der Waals surface area (Å²) in [6.07, 6.45) is -0.470. The summed E-state index contributed by atoms with van der Waals surface area (Å²) in [5.74, 6) is -2.78. The molecule has 0 saturated heterocycles. The van der Waals surface area contributed by atoms with Gasteiger partial charge in [0.1, 0.15) is 16.7 Å². The van der Waals surface area contributed by atoms with Gasteiger partial charge in [-0.25, -0.2) is 9.78 Å². The van der Waals surface area contributed by atoms with Crippen molar-refractivity contribution in [2.24, 2.45) is 5.73 Å². The fourth-order valence-electron chi connectivity index (χ4n) is 1.53. The summed E-state index contributed by atoms with van der Waals surface area (Å²) in [6.45, 7) is 0. The normalized spacial score (nSPS) is 11.8. The molecule has 0 fully saturated rings. The Labute approximate surface area is 127 Å². The molecular formula is C12H11N3O4S2. The second-order valence-corrected chi connectivity index (χ2v) is 5.72. The first-order chi connectivity index (χ1) is 9.97. The van der Waals surface area contributed by atoms with E-state index >= 15 is 0 Å². The Morgan fingerprint density at radius 3 is 2.71 bits per heavy atom. The first kappa shape index (κ1) is 15.1. The van der Waals surface area contributed by atoms with Crippen molar-refractivity contribution < 1.29 is 19.5 Å². The Bertz CT molecular complexity index is 666. The van der Waals surface area contributed by atoms with E-state index in [9.17, 15) is 14.4 Å². The smallest absolute Gasteiger partial charge is 0.326 e. The fraction of sp³-hybridized carbons (Fsp3) is 0.167. The molecule has 0 spiro atoms. The SMILES string of the molecule is NC(=O)C[C@@H](NC(=O)c1csc(-c2ccsc2)n1)C(=O)O. The molecule has 7 nitrogen and oxygen atoms in total. The van der Waals surface area contributed by atoms with Crippen LogP contribution in [0, 0.1) is 0 Å². The van der Waals surface area contributed by atoms with E-state index in [1.165, 1.54) is 28.1 Å². The Balaban J connectivity index is 2.09. The van der Waals surface area contributed by atoms with E-state index in [4.69, 9.17) is 10.8 Å². The number of nitrogens with one attached hydrogen (secondary N) is 1. The third-order valence-corrected chi connectivity index (χ3v) is 4.09. The topological polar surface area (TPSA) is 122 Å². The number of hydrogen-bond donors (Lipinski definition) is 3. The van der Waals surface area contributed by atoms with Crippen LogP contribution in [0.25, 0.3) is 10.6 Å². The van der Waals surface area contributed by atoms with Gasteiger partial charge in [0.2, 0.25) is 5.91 Å². The van der Waals surface area contributed by atoms with Crippen molar-refractivity contribution in [1.82, 2.24) is 10.3 Å². The summed E-state index contributed by atoms with van der Waals surface area (Å²) in [5.41, 5.74) is 5.96. The Morgan fingerprint density at radius 2 is 2.14 bits per heavy atom. The predicted octanol–water partition coefficient (Wildman–Crippen LogP) is 0.930. The summed E-state index contributed by atoms with van der Waals surface area (Å²) < 4.78 is 0. The molecule has 0 aliphatic rings. The molecule has 21 heavy (non-hydrogen) atoms. The van der Waals surface area contributed by atoms with E-state index in [2.05, 4.69) is 10.3 Å². The van der Waals surface area contributed by atoms with Crippen LogP contribution in [-0.2, 0) is 9.59 Å². The Morgan fingerprint density at radius 1 is 1.38 bits per heavy atom. The maximum absolute atomic E-state index is 11.9. The number of aromatic nitrogens is 1. The number of nitrogens with zero attached hydrogens (tertiary/aromatic N) is 1. The summed E-state index contributed by atoms with van der Waals surface area (Å²) in [7, 11) is 0. The van der Waals surface area contributed by atoms with Crippen LogP contribution in [0.4, 0.5) is 0 Å².